The summed E-state index contributed by atoms with van der Waals surface area (Å²) in [6.45, 7) is 5.36. The van der Waals surface area contributed by atoms with Gasteiger partial charge in [-0.05, 0) is 54.5 Å². The molecule has 9 heteroatoms. The molecule has 0 fully saturated rings. The van der Waals surface area contributed by atoms with Gasteiger partial charge in [-0.3, -0.25) is 9.69 Å². The third-order valence-corrected chi connectivity index (χ3v) is 6.23. The van der Waals surface area contributed by atoms with Crippen molar-refractivity contribution < 1.29 is 34.0 Å². The van der Waals surface area contributed by atoms with Crippen LogP contribution in [-0.4, -0.2) is 51.6 Å². The Morgan fingerprint density at radius 3 is 2.44 bits per heavy atom. The summed E-state index contributed by atoms with van der Waals surface area (Å²) in [5.74, 6) is -2.03. The number of nitrogens with zero attached hydrogens (tertiary/aromatic N) is 2. The quantitative estimate of drug-likeness (QED) is 0.505. The molecule has 3 rings (SSSR count). The maximum atomic E-state index is 13.7. The summed E-state index contributed by atoms with van der Waals surface area (Å²) in [6, 6.07) is 6.03. The maximum absolute atomic E-state index is 13.7. The van der Waals surface area contributed by atoms with Gasteiger partial charge in [-0.2, -0.15) is 0 Å². The Kier molecular flexibility index (Phi) is 7.89. The van der Waals surface area contributed by atoms with Gasteiger partial charge in [0.2, 0.25) is 0 Å². The summed E-state index contributed by atoms with van der Waals surface area (Å²) < 4.78 is 19.0. The van der Waals surface area contributed by atoms with Gasteiger partial charge in [-0.15, -0.1) is 0 Å². The number of aliphatic hydroxyl groups excluding tert-OH is 2. The number of ether oxygens (including phenoxy) is 1. The number of aliphatic carboxylic acids is 1. The number of hydrogen-bond acceptors (Lipinski definition) is 6. The van der Waals surface area contributed by atoms with Crippen LogP contribution >= 0.6 is 0 Å². The first-order valence-corrected chi connectivity index (χ1v) is 11.3. The van der Waals surface area contributed by atoms with Crippen LogP contribution in [0.1, 0.15) is 56.4 Å². The monoisotopic (exact) mass is 474 g/mol. The average molecular weight is 475 g/mol. The van der Waals surface area contributed by atoms with E-state index in [2.05, 4.69) is 0 Å². The van der Waals surface area contributed by atoms with E-state index in [4.69, 9.17) is 14.8 Å². The number of anilines is 1. The van der Waals surface area contributed by atoms with Crippen molar-refractivity contribution in [3.8, 4) is 11.1 Å². The Balaban J connectivity index is 2.04. The van der Waals surface area contributed by atoms with E-state index in [1.165, 1.54) is 24.0 Å². The van der Waals surface area contributed by atoms with Crippen LogP contribution in [0.2, 0.25) is 0 Å². The lowest BCUT2D eigenvalue weighted by Gasteiger charge is -2.30. The first-order valence-electron chi connectivity index (χ1n) is 11.3. The number of aliphatic hydroxyl groups is 2. The number of hydrogen-bond donors (Lipinski definition) is 3. The summed E-state index contributed by atoms with van der Waals surface area (Å²) in [6.07, 6.45) is -2.06. The molecule has 1 aromatic carbocycles. The second kappa shape index (κ2) is 10.5. The number of carboxylic acid groups (broad SMARTS) is 1. The molecule has 1 amide bonds. The van der Waals surface area contributed by atoms with Crippen LogP contribution in [0.25, 0.3) is 11.1 Å². The Morgan fingerprint density at radius 2 is 1.85 bits per heavy atom. The first-order chi connectivity index (χ1) is 16.0. The molecule has 3 N–H and O–H groups in total. The van der Waals surface area contributed by atoms with Crippen LogP contribution in [0.4, 0.5) is 15.0 Å². The zero-order valence-electron chi connectivity index (χ0n) is 19.8. The van der Waals surface area contributed by atoms with Crippen LogP contribution in [0, 0.1) is 11.7 Å². The van der Waals surface area contributed by atoms with Gasteiger partial charge in [0.05, 0.1) is 18.1 Å². The largest absolute Gasteiger partial charge is 0.481 e. The number of cyclic esters (lactones) is 1. The van der Waals surface area contributed by atoms with Crippen molar-refractivity contribution >= 4 is 17.9 Å². The number of rotatable bonds is 9. The van der Waals surface area contributed by atoms with Gasteiger partial charge < -0.3 is 20.1 Å². The zero-order chi connectivity index (χ0) is 25.2. The maximum Gasteiger partial charge on any atom is 0.415 e. The van der Waals surface area contributed by atoms with Gasteiger partial charge in [-0.1, -0.05) is 26.0 Å². The highest BCUT2D eigenvalue weighted by molar-refractivity contribution is 5.91. The van der Waals surface area contributed by atoms with Crippen molar-refractivity contribution in [2.24, 2.45) is 5.92 Å². The number of pyridine rings is 1. The molecule has 0 radical (unpaired) electrons. The molecule has 8 nitrogen and oxygen atoms in total. The number of carbonyl (C=O) groups excluding carboxylic acids is 1. The van der Waals surface area contributed by atoms with E-state index in [9.17, 15) is 24.2 Å². The van der Waals surface area contributed by atoms with E-state index in [1.54, 1.807) is 19.2 Å². The molecule has 0 bridgehead atoms. The summed E-state index contributed by atoms with van der Waals surface area (Å²) in [7, 11) is 1.58. The number of fused-ring (bicyclic) bond motifs is 1. The smallest absolute Gasteiger partial charge is 0.415 e. The molecule has 3 unspecified atom stereocenters. The van der Waals surface area contributed by atoms with Crippen molar-refractivity contribution in [1.82, 2.24) is 4.98 Å². The van der Waals surface area contributed by atoms with E-state index in [0.717, 1.165) is 22.4 Å². The molecule has 0 saturated heterocycles. The van der Waals surface area contributed by atoms with Crippen molar-refractivity contribution in [3.05, 3.63) is 46.9 Å². The van der Waals surface area contributed by atoms with E-state index in [-0.39, 0.29) is 31.2 Å². The van der Waals surface area contributed by atoms with Gasteiger partial charge in [0.1, 0.15) is 18.2 Å². The number of carboxylic acids is 1. The molecule has 34 heavy (non-hydrogen) atoms. The van der Waals surface area contributed by atoms with E-state index in [1.807, 2.05) is 13.8 Å². The van der Waals surface area contributed by atoms with Crippen LogP contribution in [-0.2, 0) is 22.6 Å². The number of amides is 1. The predicted molar refractivity (Wildman–Crippen MR) is 124 cm³/mol. The molecule has 184 valence electrons. The zero-order valence-corrected chi connectivity index (χ0v) is 19.8. The fraction of sp³-hybridized carbons (Fsp3) is 0.480. The molecule has 0 aliphatic carbocycles. The summed E-state index contributed by atoms with van der Waals surface area (Å²) in [5, 5.41) is 29.8. The minimum Gasteiger partial charge on any atom is -0.481 e. The predicted octanol–water partition coefficient (Wildman–Crippen LogP) is 3.86. The van der Waals surface area contributed by atoms with Crippen LogP contribution in [0.5, 0.6) is 0 Å². The first kappa shape index (κ1) is 25.6. The lowest BCUT2D eigenvalue weighted by molar-refractivity contribution is -0.145. The summed E-state index contributed by atoms with van der Waals surface area (Å²) in [5.41, 5.74) is 3.79. The van der Waals surface area contributed by atoms with E-state index in [0.29, 0.717) is 17.8 Å². The van der Waals surface area contributed by atoms with Crippen molar-refractivity contribution in [3.63, 3.8) is 0 Å². The summed E-state index contributed by atoms with van der Waals surface area (Å²) >= 11 is 0. The van der Waals surface area contributed by atoms with Crippen LogP contribution in [0.15, 0.2) is 24.3 Å². The fourth-order valence-corrected chi connectivity index (χ4v) is 4.17. The number of benzene rings is 1. The van der Waals surface area contributed by atoms with Gasteiger partial charge in [0.25, 0.3) is 0 Å². The van der Waals surface area contributed by atoms with Crippen molar-refractivity contribution in [1.29, 1.82) is 0 Å². The molecular weight excluding hydrogens is 443 g/mol. The SMILES string of the molecule is CC(C)c1nc2c(c(-c3ccc(F)cc3)c1CCC(O)CC(O)C(C)C(=O)O)COC(=O)N2C. The van der Waals surface area contributed by atoms with Gasteiger partial charge in [0.15, 0.2) is 0 Å². The Morgan fingerprint density at radius 1 is 1.21 bits per heavy atom. The van der Waals surface area contributed by atoms with E-state index < -0.39 is 30.2 Å². The second-order valence-electron chi connectivity index (χ2n) is 9.05. The van der Waals surface area contributed by atoms with Gasteiger partial charge >= 0.3 is 12.1 Å². The molecule has 2 aromatic rings. The molecule has 1 aromatic heterocycles. The van der Waals surface area contributed by atoms with Gasteiger partial charge in [0, 0.05) is 24.7 Å². The molecule has 2 heterocycles. The Labute approximate surface area is 198 Å². The molecule has 0 spiro atoms. The molecule has 1 aliphatic rings. The second-order valence-corrected chi connectivity index (χ2v) is 9.05. The Bertz CT molecular complexity index is 1060. The molecule has 3 atom stereocenters. The number of aromatic nitrogens is 1. The minimum atomic E-state index is -1.18. The molecule has 0 saturated carbocycles. The number of carbonyl (C=O) groups is 2. The van der Waals surface area contributed by atoms with Crippen molar-refractivity contribution in [2.45, 2.75) is 64.8 Å². The topological polar surface area (TPSA) is 120 Å². The highest BCUT2D eigenvalue weighted by atomic mass is 19.1. The number of halogens is 1. The highest BCUT2D eigenvalue weighted by Gasteiger charge is 2.31. The lowest BCUT2D eigenvalue weighted by atomic mass is 9.86. The minimum absolute atomic E-state index is 0.0133. The fourth-order valence-electron chi connectivity index (χ4n) is 4.17. The third-order valence-electron chi connectivity index (χ3n) is 6.23. The standard InChI is InChI=1S/C25H31FN2O6/c1-13(2)22-18(10-9-17(29)11-20(30)14(3)24(31)32)21(15-5-7-16(26)8-6-15)19-12-34-25(33)28(4)23(19)27-22/h5-8,13-14,17,20,29-30H,9-12H2,1-4H3,(H,31,32). The van der Waals surface area contributed by atoms with Gasteiger partial charge in [-0.25, -0.2) is 14.2 Å². The normalized spacial score (nSPS) is 16.1. The van der Waals surface area contributed by atoms with Crippen molar-refractivity contribution in [2.75, 3.05) is 11.9 Å². The Hall–Kier alpha value is -3.04. The molecule has 1 aliphatic heterocycles. The van der Waals surface area contributed by atoms with Crippen LogP contribution < -0.4 is 4.90 Å². The average Bonchev–Trinajstić information content (AvgIpc) is 2.79. The van der Waals surface area contributed by atoms with E-state index >= 15 is 0 Å². The van der Waals surface area contributed by atoms with Crippen LogP contribution in [0.3, 0.4) is 0 Å². The lowest BCUT2D eigenvalue weighted by Crippen LogP contribution is -2.34. The third kappa shape index (κ3) is 5.37. The highest BCUT2D eigenvalue weighted by Crippen LogP contribution is 2.40. The summed E-state index contributed by atoms with van der Waals surface area (Å²) in [4.78, 5) is 29.4. The molecular formula is C25H31FN2O6.